The van der Waals surface area contributed by atoms with E-state index in [4.69, 9.17) is 9.47 Å². The van der Waals surface area contributed by atoms with Crippen molar-refractivity contribution in [1.82, 2.24) is 0 Å². The van der Waals surface area contributed by atoms with Gasteiger partial charge in [0.1, 0.15) is 6.61 Å². The first-order valence-corrected chi connectivity index (χ1v) is 34.2. The minimum absolute atomic E-state index is 0.0608. The van der Waals surface area contributed by atoms with Crippen LogP contribution in [0.4, 0.5) is 0 Å². The third-order valence-corrected chi connectivity index (χ3v) is 15.6. The quantitative estimate of drug-likeness (QED) is 0.0373. The van der Waals surface area contributed by atoms with Gasteiger partial charge < -0.3 is 14.6 Å². The zero-order chi connectivity index (χ0) is 54.8. The van der Waals surface area contributed by atoms with Crippen LogP contribution in [0.25, 0.3) is 0 Å². The van der Waals surface area contributed by atoms with Crippen LogP contribution in [0.2, 0.25) is 0 Å². The van der Waals surface area contributed by atoms with Crippen molar-refractivity contribution < 1.29 is 24.2 Å². The molecular formula is C71H132O5. The monoisotopic (exact) mass is 1070 g/mol. The van der Waals surface area contributed by atoms with Crippen LogP contribution >= 0.6 is 0 Å². The fourth-order valence-electron chi connectivity index (χ4n) is 10.4. The molecule has 0 aromatic heterocycles. The van der Waals surface area contributed by atoms with Gasteiger partial charge in [0.2, 0.25) is 0 Å². The Morgan fingerprint density at radius 1 is 0.303 bits per heavy atom. The summed E-state index contributed by atoms with van der Waals surface area (Å²) in [4.78, 5) is 24.6. The summed E-state index contributed by atoms with van der Waals surface area (Å²) in [5.41, 5.74) is 0. The highest BCUT2D eigenvalue weighted by Crippen LogP contribution is 2.18. The molecule has 0 saturated carbocycles. The SMILES string of the molecule is CCCCCCC/C=C\C/C=C\C/C=C\CCCCCCCCCCCCCCCCCCCCCCCCC(=O)OC(CO)COC(=O)CCCCCCCCCCCCCCC/C=C\CCCCCCCCCC. The van der Waals surface area contributed by atoms with E-state index in [9.17, 15) is 14.7 Å². The van der Waals surface area contributed by atoms with Crippen LogP contribution < -0.4 is 0 Å². The first kappa shape index (κ1) is 73.9. The van der Waals surface area contributed by atoms with Crippen molar-refractivity contribution >= 4 is 11.9 Å². The Bertz CT molecular complexity index is 1250. The van der Waals surface area contributed by atoms with Gasteiger partial charge >= 0.3 is 11.9 Å². The molecule has 1 atom stereocenters. The number of rotatable bonds is 64. The average molecular weight is 1070 g/mol. The molecule has 5 nitrogen and oxygen atoms in total. The number of ether oxygens (including phenoxy) is 2. The standard InChI is InChI=1S/C71H132O5/c1-3-5-7-9-11-13-15-17-19-21-23-25-27-29-30-31-32-33-34-35-36-37-38-39-40-42-44-46-48-50-52-54-56-58-60-62-64-66-71(74)76-69(67-72)68-75-70(73)65-63-61-59-57-55-53-51-49-47-45-43-41-28-26-24-22-20-18-16-14-12-10-8-6-4-2/h15,17,21-24,27,29,69,72H,3-14,16,18-20,25-26,28,30-68H2,1-2H3/b17-15-,23-21-,24-22-,29-27-. The largest absolute Gasteiger partial charge is 0.462 e. The molecule has 0 amide bonds. The molecular weight excluding hydrogens is 933 g/mol. The Labute approximate surface area is 475 Å². The molecule has 0 saturated heterocycles. The number of aliphatic hydroxyl groups is 1. The predicted molar refractivity (Wildman–Crippen MR) is 334 cm³/mol. The van der Waals surface area contributed by atoms with Gasteiger partial charge in [-0.2, -0.15) is 0 Å². The van der Waals surface area contributed by atoms with Gasteiger partial charge in [-0.25, -0.2) is 0 Å². The summed E-state index contributed by atoms with van der Waals surface area (Å²) in [6, 6.07) is 0. The molecule has 0 heterocycles. The number of aliphatic hydroxyl groups excluding tert-OH is 1. The van der Waals surface area contributed by atoms with Gasteiger partial charge in [0.05, 0.1) is 6.61 Å². The van der Waals surface area contributed by atoms with E-state index in [2.05, 4.69) is 62.5 Å². The van der Waals surface area contributed by atoms with E-state index in [1.165, 1.54) is 295 Å². The van der Waals surface area contributed by atoms with Crippen LogP contribution in [0.15, 0.2) is 48.6 Å². The van der Waals surface area contributed by atoms with Gasteiger partial charge in [0.15, 0.2) is 6.10 Å². The predicted octanol–water partition coefficient (Wildman–Crippen LogP) is 23.5. The third kappa shape index (κ3) is 64.4. The second kappa shape index (κ2) is 67.1. The molecule has 0 fully saturated rings. The number of carbonyl (C=O) groups excluding carboxylic acids is 2. The maximum atomic E-state index is 12.4. The summed E-state index contributed by atoms with van der Waals surface area (Å²) in [5.74, 6) is -0.570. The number of unbranched alkanes of at least 4 members (excludes halogenated alkanes) is 48. The lowest BCUT2D eigenvalue weighted by atomic mass is 10.0. The van der Waals surface area contributed by atoms with E-state index in [0.29, 0.717) is 12.8 Å². The maximum absolute atomic E-state index is 12.4. The molecule has 0 rings (SSSR count). The second-order valence-electron chi connectivity index (χ2n) is 23.3. The zero-order valence-corrected chi connectivity index (χ0v) is 51.3. The van der Waals surface area contributed by atoms with Crippen molar-refractivity contribution in [2.75, 3.05) is 13.2 Å². The fraction of sp³-hybridized carbons (Fsp3) is 0.859. The van der Waals surface area contributed by atoms with Gasteiger partial charge in [0, 0.05) is 12.8 Å². The Kier molecular flexibility index (Phi) is 65.2. The van der Waals surface area contributed by atoms with Crippen molar-refractivity contribution in [3.05, 3.63) is 48.6 Å². The van der Waals surface area contributed by atoms with E-state index >= 15 is 0 Å². The third-order valence-electron chi connectivity index (χ3n) is 15.6. The topological polar surface area (TPSA) is 72.8 Å². The Morgan fingerprint density at radius 3 is 0.803 bits per heavy atom. The normalized spacial score (nSPS) is 12.4. The summed E-state index contributed by atoms with van der Waals surface area (Å²) in [5, 5.41) is 9.69. The minimum Gasteiger partial charge on any atom is -0.462 e. The maximum Gasteiger partial charge on any atom is 0.306 e. The van der Waals surface area contributed by atoms with Gasteiger partial charge in [-0.3, -0.25) is 9.59 Å². The lowest BCUT2D eigenvalue weighted by Crippen LogP contribution is -2.28. The summed E-state index contributed by atoms with van der Waals surface area (Å²) < 4.78 is 10.8. The summed E-state index contributed by atoms with van der Waals surface area (Å²) in [6.07, 6.45) is 90.0. The molecule has 1 unspecified atom stereocenters. The highest BCUT2D eigenvalue weighted by Gasteiger charge is 2.16. The zero-order valence-electron chi connectivity index (χ0n) is 51.3. The minimum atomic E-state index is -0.771. The number of hydrogen-bond donors (Lipinski definition) is 1. The van der Waals surface area contributed by atoms with Crippen LogP contribution in [0.1, 0.15) is 373 Å². The molecule has 0 aliphatic carbocycles. The van der Waals surface area contributed by atoms with Crippen molar-refractivity contribution in [3.63, 3.8) is 0 Å². The number of esters is 2. The van der Waals surface area contributed by atoms with E-state index in [1.807, 2.05) is 0 Å². The average Bonchev–Trinajstić information content (AvgIpc) is 3.42. The summed E-state index contributed by atoms with van der Waals surface area (Å²) in [6.45, 7) is 4.18. The van der Waals surface area contributed by atoms with Crippen LogP contribution in [-0.4, -0.2) is 36.4 Å². The Morgan fingerprint density at radius 2 is 0.526 bits per heavy atom. The van der Waals surface area contributed by atoms with E-state index in [-0.39, 0.29) is 25.2 Å². The molecule has 0 aromatic carbocycles. The Hall–Kier alpha value is -2.14. The van der Waals surface area contributed by atoms with Gasteiger partial charge in [-0.05, 0) is 77.0 Å². The summed E-state index contributed by atoms with van der Waals surface area (Å²) >= 11 is 0. The number of hydrogen-bond acceptors (Lipinski definition) is 5. The first-order chi connectivity index (χ1) is 37.6. The van der Waals surface area contributed by atoms with Crippen LogP contribution in [0, 0.1) is 0 Å². The molecule has 5 heteroatoms. The van der Waals surface area contributed by atoms with Crippen molar-refractivity contribution in [2.24, 2.45) is 0 Å². The second-order valence-corrected chi connectivity index (χ2v) is 23.3. The number of carbonyl (C=O) groups is 2. The van der Waals surface area contributed by atoms with Crippen LogP contribution in [-0.2, 0) is 19.1 Å². The first-order valence-electron chi connectivity index (χ1n) is 34.2. The van der Waals surface area contributed by atoms with Crippen molar-refractivity contribution in [3.8, 4) is 0 Å². The van der Waals surface area contributed by atoms with Gasteiger partial charge in [-0.1, -0.05) is 332 Å². The van der Waals surface area contributed by atoms with Crippen molar-refractivity contribution in [1.29, 1.82) is 0 Å². The molecule has 446 valence electrons. The highest BCUT2D eigenvalue weighted by molar-refractivity contribution is 5.70. The molecule has 0 spiro atoms. The van der Waals surface area contributed by atoms with Crippen LogP contribution in [0.5, 0.6) is 0 Å². The number of allylic oxidation sites excluding steroid dienone is 8. The van der Waals surface area contributed by atoms with Crippen molar-refractivity contribution in [2.45, 2.75) is 380 Å². The molecule has 0 bridgehead atoms. The van der Waals surface area contributed by atoms with E-state index in [1.54, 1.807) is 0 Å². The highest BCUT2D eigenvalue weighted by atomic mass is 16.6. The Balaban J connectivity index is 3.40. The molecule has 0 aliphatic rings. The van der Waals surface area contributed by atoms with Gasteiger partial charge in [0.25, 0.3) is 0 Å². The molecule has 76 heavy (non-hydrogen) atoms. The lowest BCUT2D eigenvalue weighted by Gasteiger charge is -2.15. The smallest absolute Gasteiger partial charge is 0.306 e. The van der Waals surface area contributed by atoms with E-state index < -0.39 is 6.10 Å². The molecule has 0 radical (unpaired) electrons. The van der Waals surface area contributed by atoms with Crippen LogP contribution in [0.3, 0.4) is 0 Å². The summed E-state index contributed by atoms with van der Waals surface area (Å²) in [7, 11) is 0. The van der Waals surface area contributed by atoms with Gasteiger partial charge in [-0.15, -0.1) is 0 Å². The molecule has 1 N–H and O–H groups in total. The lowest BCUT2D eigenvalue weighted by molar-refractivity contribution is -0.161. The fourth-order valence-corrected chi connectivity index (χ4v) is 10.4. The van der Waals surface area contributed by atoms with E-state index in [0.717, 1.165) is 51.4 Å². The molecule has 0 aromatic rings. The molecule has 0 aliphatic heterocycles.